The lowest BCUT2D eigenvalue weighted by Crippen LogP contribution is -2.27. The smallest absolute Gasteiger partial charge is 0.139 e. The first-order chi connectivity index (χ1) is 8.04. The van der Waals surface area contributed by atoms with Crippen molar-refractivity contribution in [2.45, 2.75) is 31.2 Å². The normalized spacial score (nSPS) is 14.6. The van der Waals surface area contributed by atoms with Crippen LogP contribution in [0.25, 0.3) is 0 Å². The average molecular weight is 261 g/mol. The van der Waals surface area contributed by atoms with E-state index in [1.165, 1.54) is 0 Å². The van der Waals surface area contributed by atoms with E-state index in [0.717, 1.165) is 24.7 Å². The Labute approximate surface area is 103 Å². The van der Waals surface area contributed by atoms with E-state index < -0.39 is 22.4 Å². The van der Waals surface area contributed by atoms with Gasteiger partial charge in [0.1, 0.15) is 11.6 Å². The third-order valence-corrected chi connectivity index (χ3v) is 3.84. The van der Waals surface area contributed by atoms with Crippen molar-refractivity contribution >= 4 is 10.8 Å². The number of hydrogen-bond acceptors (Lipinski definition) is 2. The fourth-order valence-electron chi connectivity index (χ4n) is 1.50. The number of rotatable bonds is 6. The van der Waals surface area contributed by atoms with E-state index in [1.54, 1.807) is 0 Å². The molecule has 0 heterocycles. The molecule has 0 spiro atoms. The lowest BCUT2D eigenvalue weighted by molar-refractivity contribution is 0.549. The molecule has 0 saturated heterocycles. The van der Waals surface area contributed by atoms with E-state index in [4.69, 9.17) is 0 Å². The summed E-state index contributed by atoms with van der Waals surface area (Å²) in [5.41, 5.74) is 0. The molecule has 96 valence electrons. The average Bonchev–Trinajstić information content (AvgIpc) is 2.29. The van der Waals surface area contributed by atoms with Crippen LogP contribution in [0.5, 0.6) is 0 Å². The van der Waals surface area contributed by atoms with Gasteiger partial charge in [-0.05, 0) is 38.1 Å². The summed E-state index contributed by atoms with van der Waals surface area (Å²) in [6.45, 7) is 4.80. The maximum atomic E-state index is 13.3. The van der Waals surface area contributed by atoms with E-state index in [9.17, 15) is 13.0 Å². The molecule has 0 fully saturated rings. The second-order valence-corrected chi connectivity index (χ2v) is 5.41. The molecule has 0 bridgehead atoms. The predicted octanol–water partition coefficient (Wildman–Crippen LogP) is 2.46. The molecular formula is C12H17F2NOS. The van der Waals surface area contributed by atoms with Gasteiger partial charge in [0.05, 0.1) is 15.7 Å². The Kier molecular flexibility index (Phi) is 5.71. The minimum Gasteiger partial charge on any atom is -0.315 e. The van der Waals surface area contributed by atoms with Gasteiger partial charge in [-0.3, -0.25) is 4.21 Å². The topological polar surface area (TPSA) is 29.1 Å². The van der Waals surface area contributed by atoms with Crippen molar-refractivity contribution < 1.29 is 13.0 Å². The largest absolute Gasteiger partial charge is 0.315 e. The zero-order valence-corrected chi connectivity index (χ0v) is 10.8. The second-order valence-electron chi connectivity index (χ2n) is 3.87. The summed E-state index contributed by atoms with van der Waals surface area (Å²) in [6.07, 6.45) is 0.663. The van der Waals surface area contributed by atoms with Crippen LogP contribution in [-0.4, -0.2) is 22.5 Å². The van der Waals surface area contributed by atoms with Crippen LogP contribution in [0.4, 0.5) is 8.78 Å². The maximum Gasteiger partial charge on any atom is 0.139 e. The molecule has 5 heteroatoms. The lowest BCUT2D eigenvalue weighted by atomic mass is 10.3. The van der Waals surface area contributed by atoms with Crippen LogP contribution < -0.4 is 5.32 Å². The Hall–Kier alpha value is -0.810. The molecule has 2 atom stereocenters. The third-order valence-electron chi connectivity index (χ3n) is 2.43. The molecule has 1 N–H and O–H groups in total. The molecule has 0 aliphatic rings. The van der Waals surface area contributed by atoms with Gasteiger partial charge in [0.25, 0.3) is 0 Å². The van der Waals surface area contributed by atoms with Gasteiger partial charge in [-0.25, -0.2) is 8.78 Å². The number of nitrogens with one attached hydrogen (secondary N) is 1. The highest BCUT2D eigenvalue weighted by atomic mass is 32.2. The van der Waals surface area contributed by atoms with Crippen molar-refractivity contribution in [3.8, 4) is 0 Å². The summed E-state index contributed by atoms with van der Waals surface area (Å²) in [6, 6.07) is 3.26. The molecule has 0 aromatic heterocycles. The summed E-state index contributed by atoms with van der Waals surface area (Å²) < 4.78 is 38.0. The standard InChI is InChI=1S/C12H17F2NOS/c1-3-15-9(2)6-7-17(16)12-8-10(13)4-5-11(12)14/h4-5,8-9,15H,3,6-7H2,1-2H3. The van der Waals surface area contributed by atoms with Gasteiger partial charge in [-0.2, -0.15) is 0 Å². The Morgan fingerprint density at radius 2 is 2.12 bits per heavy atom. The van der Waals surface area contributed by atoms with Crippen molar-refractivity contribution in [3.63, 3.8) is 0 Å². The third kappa shape index (κ3) is 4.52. The van der Waals surface area contributed by atoms with Crippen molar-refractivity contribution in [1.29, 1.82) is 0 Å². The van der Waals surface area contributed by atoms with Gasteiger partial charge in [0.2, 0.25) is 0 Å². The molecule has 1 aromatic rings. The van der Waals surface area contributed by atoms with Gasteiger partial charge in [-0.15, -0.1) is 0 Å². The van der Waals surface area contributed by atoms with E-state index in [0.29, 0.717) is 12.2 Å². The highest BCUT2D eigenvalue weighted by Gasteiger charge is 2.12. The van der Waals surface area contributed by atoms with Crippen molar-refractivity contribution in [1.82, 2.24) is 5.32 Å². The Balaban J connectivity index is 2.61. The Bertz CT molecular complexity index is 398. The Morgan fingerprint density at radius 3 is 2.76 bits per heavy atom. The summed E-state index contributed by atoms with van der Waals surface area (Å²) in [7, 11) is -1.48. The molecule has 0 radical (unpaired) electrons. The first kappa shape index (κ1) is 14.3. The van der Waals surface area contributed by atoms with Crippen LogP contribution >= 0.6 is 0 Å². The molecule has 2 unspecified atom stereocenters. The molecular weight excluding hydrogens is 244 g/mol. The van der Waals surface area contributed by atoms with Crippen LogP contribution in [0.2, 0.25) is 0 Å². The van der Waals surface area contributed by atoms with Crippen LogP contribution in [0.1, 0.15) is 20.3 Å². The summed E-state index contributed by atoms with van der Waals surface area (Å²) in [5, 5.41) is 3.18. The van der Waals surface area contributed by atoms with Gasteiger partial charge in [0, 0.05) is 11.8 Å². The molecule has 0 aliphatic heterocycles. The van der Waals surface area contributed by atoms with E-state index in [-0.39, 0.29) is 10.9 Å². The summed E-state index contributed by atoms with van der Waals surface area (Å²) in [4.78, 5) is -0.0475. The van der Waals surface area contributed by atoms with E-state index in [2.05, 4.69) is 5.32 Å². The Morgan fingerprint density at radius 1 is 1.41 bits per heavy atom. The molecule has 0 amide bonds. The first-order valence-corrected chi connectivity index (χ1v) is 6.93. The molecule has 1 aromatic carbocycles. The van der Waals surface area contributed by atoms with Crippen molar-refractivity contribution in [2.75, 3.05) is 12.3 Å². The summed E-state index contributed by atoms with van der Waals surface area (Å²) >= 11 is 0. The van der Waals surface area contributed by atoms with Crippen molar-refractivity contribution in [3.05, 3.63) is 29.8 Å². The van der Waals surface area contributed by atoms with Gasteiger partial charge < -0.3 is 5.32 Å². The minimum absolute atomic E-state index is 0.0475. The quantitative estimate of drug-likeness (QED) is 0.852. The fraction of sp³-hybridized carbons (Fsp3) is 0.500. The van der Waals surface area contributed by atoms with Crippen LogP contribution in [0.15, 0.2) is 23.1 Å². The van der Waals surface area contributed by atoms with E-state index >= 15 is 0 Å². The van der Waals surface area contributed by atoms with Crippen LogP contribution in [-0.2, 0) is 10.8 Å². The highest BCUT2D eigenvalue weighted by molar-refractivity contribution is 7.85. The zero-order chi connectivity index (χ0) is 12.8. The summed E-state index contributed by atoms with van der Waals surface area (Å²) in [5.74, 6) is -0.843. The molecule has 17 heavy (non-hydrogen) atoms. The number of benzene rings is 1. The zero-order valence-electron chi connectivity index (χ0n) is 10.0. The van der Waals surface area contributed by atoms with Gasteiger partial charge in [0.15, 0.2) is 0 Å². The maximum absolute atomic E-state index is 13.3. The number of hydrogen-bond donors (Lipinski definition) is 1. The highest BCUT2D eigenvalue weighted by Crippen LogP contribution is 2.15. The monoisotopic (exact) mass is 261 g/mol. The molecule has 1 rings (SSSR count). The van der Waals surface area contributed by atoms with Gasteiger partial charge >= 0.3 is 0 Å². The van der Waals surface area contributed by atoms with Crippen LogP contribution in [0.3, 0.4) is 0 Å². The van der Waals surface area contributed by atoms with Crippen molar-refractivity contribution in [2.24, 2.45) is 0 Å². The number of halogens is 2. The first-order valence-electron chi connectivity index (χ1n) is 5.61. The second kappa shape index (κ2) is 6.81. The molecule has 0 saturated carbocycles. The minimum atomic E-state index is -1.48. The molecule has 0 aliphatic carbocycles. The predicted molar refractivity (Wildman–Crippen MR) is 65.4 cm³/mol. The fourth-order valence-corrected chi connectivity index (χ4v) is 2.81. The molecule has 2 nitrogen and oxygen atoms in total. The lowest BCUT2D eigenvalue weighted by Gasteiger charge is -2.11. The van der Waals surface area contributed by atoms with E-state index in [1.807, 2.05) is 13.8 Å². The van der Waals surface area contributed by atoms with Crippen LogP contribution in [0, 0.1) is 11.6 Å². The van der Waals surface area contributed by atoms with Gasteiger partial charge in [-0.1, -0.05) is 6.92 Å². The SMILES string of the molecule is CCNC(C)CCS(=O)c1cc(F)ccc1F.